The second kappa shape index (κ2) is 6.75. The third-order valence-electron chi connectivity index (χ3n) is 2.80. The molecule has 0 aromatic carbocycles. The van der Waals surface area contributed by atoms with E-state index in [0.717, 1.165) is 10.9 Å². The van der Waals surface area contributed by atoms with E-state index in [-0.39, 0.29) is 18.4 Å². The van der Waals surface area contributed by atoms with Gasteiger partial charge in [-0.25, -0.2) is 0 Å². The normalized spacial score (nSPS) is 10.4. The van der Waals surface area contributed by atoms with Crippen LogP contribution < -0.4 is 0 Å². The Hall–Kier alpha value is -1.30. The number of aryl methyl sites for hydroxylation is 1. The Kier molecular flexibility index (Phi) is 5.60. The highest BCUT2D eigenvalue weighted by Gasteiger charge is 2.21. The molecular formula is C13H20BrN3O2. The van der Waals surface area contributed by atoms with Crippen LogP contribution in [0.2, 0.25) is 0 Å². The molecule has 0 aliphatic carbocycles. The monoisotopic (exact) mass is 329 g/mol. The molecular weight excluding hydrogens is 310 g/mol. The lowest BCUT2D eigenvalue weighted by atomic mass is 10.3. The first-order valence-corrected chi connectivity index (χ1v) is 6.97. The van der Waals surface area contributed by atoms with E-state index in [2.05, 4.69) is 15.9 Å². The minimum Gasteiger partial charge on any atom is -0.347 e. The summed E-state index contributed by atoms with van der Waals surface area (Å²) in [6.07, 6.45) is 2.64. The maximum atomic E-state index is 12.4. The van der Waals surface area contributed by atoms with Crippen molar-refractivity contribution in [2.75, 3.05) is 27.2 Å². The third kappa shape index (κ3) is 4.09. The molecule has 106 valence electrons. The Morgan fingerprint density at radius 1 is 1.37 bits per heavy atom. The lowest BCUT2D eigenvalue weighted by Gasteiger charge is -2.23. The van der Waals surface area contributed by atoms with E-state index in [9.17, 15) is 9.59 Å². The molecule has 0 aliphatic heterocycles. The Morgan fingerprint density at radius 3 is 2.42 bits per heavy atom. The molecule has 6 heteroatoms. The van der Waals surface area contributed by atoms with Crippen molar-refractivity contribution in [1.29, 1.82) is 0 Å². The van der Waals surface area contributed by atoms with Gasteiger partial charge in [-0.3, -0.25) is 9.59 Å². The summed E-state index contributed by atoms with van der Waals surface area (Å²) in [5, 5.41) is 0. The molecule has 0 saturated heterocycles. The van der Waals surface area contributed by atoms with Crippen molar-refractivity contribution in [3.63, 3.8) is 0 Å². The number of rotatable bonds is 5. The van der Waals surface area contributed by atoms with Gasteiger partial charge in [0.05, 0.1) is 0 Å². The summed E-state index contributed by atoms with van der Waals surface area (Å²) in [6.45, 7) is 2.67. The lowest BCUT2D eigenvalue weighted by Crippen LogP contribution is -2.41. The Morgan fingerprint density at radius 2 is 2.00 bits per heavy atom. The summed E-state index contributed by atoms with van der Waals surface area (Å²) in [5.41, 5.74) is 0.576. The molecule has 19 heavy (non-hydrogen) atoms. The first kappa shape index (κ1) is 15.8. The Balaban J connectivity index is 2.89. The number of carbonyl (C=O) groups is 2. The summed E-state index contributed by atoms with van der Waals surface area (Å²) < 4.78 is 2.61. The maximum Gasteiger partial charge on any atom is 0.270 e. The van der Waals surface area contributed by atoms with E-state index in [1.807, 2.05) is 20.2 Å². The molecule has 0 fully saturated rings. The zero-order valence-corrected chi connectivity index (χ0v) is 13.4. The topological polar surface area (TPSA) is 45.6 Å². The molecule has 2 amide bonds. The van der Waals surface area contributed by atoms with Crippen molar-refractivity contribution in [1.82, 2.24) is 14.4 Å². The second-order valence-electron chi connectivity index (χ2n) is 4.67. The smallest absolute Gasteiger partial charge is 0.270 e. The van der Waals surface area contributed by atoms with E-state index in [0.29, 0.717) is 12.2 Å². The van der Waals surface area contributed by atoms with Gasteiger partial charge < -0.3 is 14.4 Å². The van der Waals surface area contributed by atoms with Gasteiger partial charge in [0.15, 0.2) is 0 Å². The van der Waals surface area contributed by atoms with Gasteiger partial charge in [-0.1, -0.05) is 6.92 Å². The average molecular weight is 330 g/mol. The summed E-state index contributed by atoms with van der Waals surface area (Å²) in [6, 6.07) is 1.77. The average Bonchev–Trinajstić information content (AvgIpc) is 2.66. The number of likely N-dealkylation sites (N-methyl/N-ethyl adjacent to an activating group) is 1. The van der Waals surface area contributed by atoms with E-state index in [1.54, 1.807) is 29.6 Å². The molecule has 5 nitrogen and oxygen atoms in total. The summed E-state index contributed by atoms with van der Waals surface area (Å²) in [7, 11) is 5.20. The zero-order chi connectivity index (χ0) is 14.6. The van der Waals surface area contributed by atoms with Crippen molar-refractivity contribution in [2.45, 2.75) is 13.3 Å². The SMILES string of the molecule is CCCN(CC(=O)N(C)C)C(=O)c1cc(Br)cn1C. The van der Waals surface area contributed by atoms with Crippen LogP contribution in [0.3, 0.4) is 0 Å². The first-order chi connectivity index (χ1) is 8.86. The molecule has 0 unspecified atom stereocenters. The molecule has 0 saturated carbocycles. The van der Waals surface area contributed by atoms with Gasteiger partial charge >= 0.3 is 0 Å². The molecule has 0 aliphatic rings. The fourth-order valence-electron chi connectivity index (χ4n) is 1.73. The summed E-state index contributed by atoms with van der Waals surface area (Å²) in [5.74, 6) is -0.194. The number of carbonyl (C=O) groups excluding carboxylic acids is 2. The molecule has 1 aromatic heterocycles. The highest BCUT2D eigenvalue weighted by atomic mass is 79.9. The van der Waals surface area contributed by atoms with Crippen LogP contribution in [0, 0.1) is 0 Å². The van der Waals surface area contributed by atoms with E-state index < -0.39 is 0 Å². The van der Waals surface area contributed by atoms with Gasteiger partial charge in [0.1, 0.15) is 12.2 Å². The highest BCUT2D eigenvalue weighted by molar-refractivity contribution is 9.10. The highest BCUT2D eigenvalue weighted by Crippen LogP contribution is 2.15. The van der Waals surface area contributed by atoms with Crippen LogP contribution in [-0.2, 0) is 11.8 Å². The maximum absolute atomic E-state index is 12.4. The van der Waals surface area contributed by atoms with Gasteiger partial charge in [-0.2, -0.15) is 0 Å². The molecule has 0 bridgehead atoms. The van der Waals surface area contributed by atoms with Crippen molar-refractivity contribution in [2.24, 2.45) is 7.05 Å². The number of halogens is 1. The van der Waals surface area contributed by atoms with Crippen LogP contribution in [0.15, 0.2) is 16.7 Å². The van der Waals surface area contributed by atoms with E-state index >= 15 is 0 Å². The minimum absolute atomic E-state index is 0.0740. The van der Waals surface area contributed by atoms with Crippen LogP contribution in [0.1, 0.15) is 23.8 Å². The quantitative estimate of drug-likeness (QED) is 0.825. The predicted molar refractivity (Wildman–Crippen MR) is 78.0 cm³/mol. The molecule has 0 spiro atoms. The van der Waals surface area contributed by atoms with Crippen LogP contribution in [-0.4, -0.2) is 53.4 Å². The van der Waals surface area contributed by atoms with Crippen LogP contribution in [0.5, 0.6) is 0 Å². The van der Waals surface area contributed by atoms with Gasteiger partial charge in [0.2, 0.25) is 5.91 Å². The molecule has 0 radical (unpaired) electrons. The zero-order valence-electron chi connectivity index (χ0n) is 11.8. The summed E-state index contributed by atoms with van der Waals surface area (Å²) >= 11 is 3.35. The first-order valence-electron chi connectivity index (χ1n) is 6.18. The summed E-state index contributed by atoms with van der Waals surface area (Å²) in [4.78, 5) is 27.3. The standard InChI is InChI=1S/C13H20BrN3O2/c1-5-6-17(9-12(18)15(2)3)13(19)11-7-10(14)8-16(11)4/h7-8H,5-6,9H2,1-4H3. The fraction of sp³-hybridized carbons (Fsp3) is 0.538. The largest absolute Gasteiger partial charge is 0.347 e. The van der Waals surface area contributed by atoms with Gasteiger partial charge in [-0.15, -0.1) is 0 Å². The van der Waals surface area contributed by atoms with Gasteiger partial charge in [-0.05, 0) is 28.4 Å². The van der Waals surface area contributed by atoms with Crippen molar-refractivity contribution < 1.29 is 9.59 Å². The Labute approximate surface area is 122 Å². The van der Waals surface area contributed by atoms with E-state index in [1.165, 1.54) is 4.90 Å². The number of hydrogen-bond donors (Lipinski definition) is 0. The van der Waals surface area contributed by atoms with Crippen molar-refractivity contribution >= 4 is 27.7 Å². The van der Waals surface area contributed by atoms with Gasteiger partial charge in [0, 0.05) is 38.4 Å². The molecule has 0 N–H and O–H groups in total. The number of amides is 2. The lowest BCUT2D eigenvalue weighted by molar-refractivity contribution is -0.129. The fourth-order valence-corrected chi connectivity index (χ4v) is 2.25. The van der Waals surface area contributed by atoms with Crippen LogP contribution in [0.25, 0.3) is 0 Å². The van der Waals surface area contributed by atoms with Crippen LogP contribution >= 0.6 is 15.9 Å². The van der Waals surface area contributed by atoms with Crippen molar-refractivity contribution in [3.05, 3.63) is 22.4 Å². The molecule has 1 heterocycles. The van der Waals surface area contributed by atoms with Crippen molar-refractivity contribution in [3.8, 4) is 0 Å². The predicted octanol–water partition coefficient (Wildman–Crippen LogP) is 1.73. The number of hydrogen-bond acceptors (Lipinski definition) is 2. The second-order valence-corrected chi connectivity index (χ2v) is 5.59. The Bertz CT molecular complexity index is 468. The van der Waals surface area contributed by atoms with E-state index in [4.69, 9.17) is 0 Å². The number of aromatic nitrogens is 1. The molecule has 0 atom stereocenters. The molecule has 1 aromatic rings. The third-order valence-corrected chi connectivity index (χ3v) is 3.23. The number of nitrogens with zero attached hydrogens (tertiary/aromatic N) is 3. The van der Waals surface area contributed by atoms with Gasteiger partial charge in [0.25, 0.3) is 5.91 Å². The molecule has 1 rings (SSSR count). The minimum atomic E-state index is -0.120. The van der Waals surface area contributed by atoms with Crippen LogP contribution in [0.4, 0.5) is 0 Å².